The number of halogens is 1. The average Bonchev–Trinajstić information content (AvgIpc) is 3.19. The minimum atomic E-state index is 0. The van der Waals surface area contributed by atoms with Crippen molar-refractivity contribution >= 4 is 35.8 Å². The second-order valence-corrected chi connectivity index (χ2v) is 6.59. The lowest BCUT2D eigenvalue weighted by molar-refractivity contribution is 0.312. The van der Waals surface area contributed by atoms with E-state index < -0.39 is 0 Å². The van der Waals surface area contributed by atoms with Crippen molar-refractivity contribution in [3.05, 3.63) is 48.4 Å². The van der Waals surface area contributed by atoms with Crippen LogP contribution in [0.4, 0.5) is 5.82 Å². The summed E-state index contributed by atoms with van der Waals surface area (Å²) in [5.74, 6) is 1.88. The van der Waals surface area contributed by atoms with Crippen LogP contribution >= 0.6 is 24.0 Å². The van der Waals surface area contributed by atoms with Crippen LogP contribution in [0.5, 0.6) is 0 Å². The minimum Gasteiger partial charge on any atom is -0.355 e. The van der Waals surface area contributed by atoms with E-state index in [1.807, 2.05) is 18.3 Å². The third kappa shape index (κ3) is 6.69. The highest BCUT2D eigenvalue weighted by Gasteiger charge is 2.15. The largest absolute Gasteiger partial charge is 0.355 e. The van der Waals surface area contributed by atoms with Crippen LogP contribution in [0.25, 0.3) is 0 Å². The number of piperazine rings is 1. The highest BCUT2D eigenvalue weighted by Crippen LogP contribution is 2.14. The fourth-order valence-corrected chi connectivity index (χ4v) is 3.01. The Kier molecular flexibility index (Phi) is 8.86. The minimum absolute atomic E-state index is 0. The first-order chi connectivity index (χ1) is 12.7. The molecule has 0 atom stereocenters. The molecule has 0 bridgehead atoms. The van der Waals surface area contributed by atoms with Crippen molar-refractivity contribution in [3.8, 4) is 0 Å². The number of pyridine rings is 1. The Morgan fingerprint density at radius 1 is 1.15 bits per heavy atom. The summed E-state index contributed by atoms with van der Waals surface area (Å²) in [4.78, 5) is 13.5. The Morgan fingerprint density at radius 3 is 2.59 bits per heavy atom. The van der Waals surface area contributed by atoms with Gasteiger partial charge in [0.15, 0.2) is 5.96 Å². The molecule has 148 valence electrons. The number of nitrogens with zero attached hydrogens (tertiary/aromatic N) is 5. The molecule has 0 amide bonds. The van der Waals surface area contributed by atoms with E-state index in [-0.39, 0.29) is 24.0 Å². The summed E-state index contributed by atoms with van der Waals surface area (Å²) in [6.07, 6.45) is 6.02. The maximum Gasteiger partial charge on any atom is 0.191 e. The predicted molar refractivity (Wildman–Crippen MR) is 122 cm³/mol. The fraction of sp³-hybridized carbons (Fsp3) is 0.474. The molecule has 1 saturated heterocycles. The van der Waals surface area contributed by atoms with Crippen molar-refractivity contribution in [2.24, 2.45) is 4.99 Å². The normalized spacial score (nSPS) is 15.3. The molecule has 1 aliphatic rings. The quantitative estimate of drug-likeness (QED) is 0.372. The summed E-state index contributed by atoms with van der Waals surface area (Å²) in [5.41, 5.74) is 1.21. The molecule has 0 saturated carbocycles. The monoisotopic (exact) mass is 483 g/mol. The number of likely N-dealkylation sites (N-methyl/N-ethyl adjacent to an activating group) is 1. The first kappa shape index (κ1) is 21.5. The zero-order chi connectivity index (χ0) is 18.2. The number of aromatic nitrogens is 2. The smallest absolute Gasteiger partial charge is 0.191 e. The number of anilines is 1. The maximum atomic E-state index is 4.54. The van der Waals surface area contributed by atoms with Gasteiger partial charge in [-0.05, 0) is 36.9 Å². The molecule has 3 heterocycles. The molecule has 0 aliphatic carbocycles. The number of aliphatic imine (C=N–C) groups is 1. The Balaban J connectivity index is 0.00000261. The van der Waals surface area contributed by atoms with Gasteiger partial charge in [0.1, 0.15) is 5.82 Å². The molecule has 1 fully saturated rings. The lowest BCUT2D eigenvalue weighted by Crippen LogP contribution is -2.44. The zero-order valence-electron chi connectivity index (χ0n) is 16.1. The van der Waals surface area contributed by atoms with Crippen LogP contribution in [0.2, 0.25) is 0 Å². The Morgan fingerprint density at radius 2 is 1.89 bits per heavy atom. The standard InChI is InChI=1S/C19H29N7.HI/c1-20-19(22-7-10-25-8-3-4-9-25)23-16-17-5-6-21-18(15-17)26-13-11-24(2)12-14-26;/h3-6,8-9,15H,7,10-14,16H2,1-2H3,(H2,20,22,23);1H. The summed E-state index contributed by atoms with van der Waals surface area (Å²) < 4.78 is 2.14. The lowest BCUT2D eigenvalue weighted by atomic mass is 10.2. The molecule has 1 aliphatic heterocycles. The van der Waals surface area contributed by atoms with Crippen molar-refractivity contribution in [1.82, 2.24) is 25.1 Å². The van der Waals surface area contributed by atoms with E-state index >= 15 is 0 Å². The van der Waals surface area contributed by atoms with E-state index in [9.17, 15) is 0 Å². The molecule has 0 aromatic carbocycles. The molecule has 0 unspecified atom stereocenters. The first-order valence-electron chi connectivity index (χ1n) is 9.18. The van der Waals surface area contributed by atoms with Gasteiger partial charge in [0.25, 0.3) is 0 Å². The van der Waals surface area contributed by atoms with Crippen LogP contribution in [-0.4, -0.2) is 67.2 Å². The van der Waals surface area contributed by atoms with Crippen LogP contribution in [0.1, 0.15) is 5.56 Å². The Bertz CT molecular complexity index is 694. The van der Waals surface area contributed by atoms with Crippen LogP contribution < -0.4 is 15.5 Å². The average molecular weight is 483 g/mol. The third-order valence-electron chi connectivity index (χ3n) is 4.65. The third-order valence-corrected chi connectivity index (χ3v) is 4.65. The van der Waals surface area contributed by atoms with E-state index in [0.717, 1.165) is 57.6 Å². The maximum absolute atomic E-state index is 4.54. The summed E-state index contributed by atoms with van der Waals surface area (Å²) in [6.45, 7) is 6.70. The van der Waals surface area contributed by atoms with Gasteiger partial charge in [-0.3, -0.25) is 4.99 Å². The summed E-state index contributed by atoms with van der Waals surface area (Å²) in [7, 11) is 3.97. The second kappa shape index (κ2) is 11.1. The number of nitrogens with one attached hydrogen (secondary N) is 2. The molecule has 0 spiro atoms. The van der Waals surface area contributed by atoms with Gasteiger partial charge >= 0.3 is 0 Å². The fourth-order valence-electron chi connectivity index (χ4n) is 3.01. The van der Waals surface area contributed by atoms with E-state index in [0.29, 0.717) is 0 Å². The first-order valence-corrected chi connectivity index (χ1v) is 9.18. The van der Waals surface area contributed by atoms with Gasteiger partial charge in [0.2, 0.25) is 0 Å². The molecular weight excluding hydrogens is 453 g/mol. The van der Waals surface area contributed by atoms with Gasteiger partial charge in [-0.2, -0.15) is 0 Å². The molecule has 7 nitrogen and oxygen atoms in total. The number of hydrogen-bond acceptors (Lipinski definition) is 4. The van der Waals surface area contributed by atoms with Crippen LogP contribution in [0, 0.1) is 0 Å². The lowest BCUT2D eigenvalue weighted by Gasteiger charge is -2.33. The van der Waals surface area contributed by atoms with Crippen molar-refractivity contribution in [2.75, 3.05) is 51.7 Å². The topological polar surface area (TPSA) is 60.7 Å². The van der Waals surface area contributed by atoms with Crippen LogP contribution in [-0.2, 0) is 13.1 Å². The van der Waals surface area contributed by atoms with E-state index in [4.69, 9.17) is 0 Å². The molecule has 2 aromatic heterocycles. The van der Waals surface area contributed by atoms with Crippen molar-refractivity contribution < 1.29 is 0 Å². The molecule has 8 heteroatoms. The summed E-state index contributed by atoms with van der Waals surface area (Å²) >= 11 is 0. The molecule has 2 N–H and O–H groups in total. The number of rotatable bonds is 6. The van der Waals surface area contributed by atoms with Crippen LogP contribution in [0.3, 0.4) is 0 Å². The van der Waals surface area contributed by atoms with E-state index in [2.05, 4.69) is 66.6 Å². The highest BCUT2D eigenvalue weighted by molar-refractivity contribution is 14.0. The van der Waals surface area contributed by atoms with Gasteiger partial charge in [-0.25, -0.2) is 4.98 Å². The van der Waals surface area contributed by atoms with Gasteiger partial charge in [0, 0.05) is 71.5 Å². The van der Waals surface area contributed by atoms with E-state index in [1.54, 1.807) is 7.05 Å². The summed E-state index contributed by atoms with van der Waals surface area (Å²) in [5, 5.41) is 6.73. The second-order valence-electron chi connectivity index (χ2n) is 6.59. The van der Waals surface area contributed by atoms with Gasteiger partial charge in [-0.1, -0.05) is 0 Å². The number of hydrogen-bond donors (Lipinski definition) is 2. The zero-order valence-corrected chi connectivity index (χ0v) is 18.5. The van der Waals surface area contributed by atoms with Crippen molar-refractivity contribution in [2.45, 2.75) is 13.1 Å². The van der Waals surface area contributed by atoms with Gasteiger partial charge < -0.3 is 25.0 Å². The Hall–Kier alpha value is -1.81. The van der Waals surface area contributed by atoms with E-state index in [1.165, 1.54) is 5.56 Å². The predicted octanol–water partition coefficient (Wildman–Crippen LogP) is 1.62. The summed E-state index contributed by atoms with van der Waals surface area (Å²) in [6, 6.07) is 8.30. The molecular formula is C19H30IN7. The van der Waals surface area contributed by atoms with Crippen LogP contribution in [0.15, 0.2) is 47.8 Å². The van der Waals surface area contributed by atoms with Crippen molar-refractivity contribution in [3.63, 3.8) is 0 Å². The van der Waals surface area contributed by atoms with Gasteiger partial charge in [0.05, 0.1) is 0 Å². The van der Waals surface area contributed by atoms with Crippen molar-refractivity contribution in [1.29, 1.82) is 0 Å². The Labute approximate surface area is 178 Å². The molecule has 3 rings (SSSR count). The molecule has 2 aromatic rings. The van der Waals surface area contributed by atoms with Gasteiger partial charge in [-0.15, -0.1) is 24.0 Å². The highest BCUT2D eigenvalue weighted by atomic mass is 127. The number of guanidine groups is 1. The SMILES string of the molecule is CN=C(NCCn1cccc1)NCc1ccnc(N2CCN(C)CC2)c1.I. The molecule has 0 radical (unpaired) electrons. The molecule has 27 heavy (non-hydrogen) atoms.